The molecule has 9 nitrogen and oxygen atoms in total. The maximum Gasteiger partial charge on any atom is 0.253 e. The predicted molar refractivity (Wildman–Crippen MR) is 184 cm³/mol. The summed E-state index contributed by atoms with van der Waals surface area (Å²) in [6.07, 6.45) is 9.40. The summed E-state index contributed by atoms with van der Waals surface area (Å²) in [5.74, 6) is 2.96. The SMILES string of the molecule is CCOc1cc(C(=O)N2CCC(CC3CCN(C)CC3)CC2)ccc1Nc1cc2c(cn1)N(C)C(O)c1ccccc1N2C1CC1. The van der Waals surface area contributed by atoms with Crippen molar-refractivity contribution < 1.29 is 14.6 Å². The lowest BCUT2D eigenvalue weighted by atomic mass is 9.83. The summed E-state index contributed by atoms with van der Waals surface area (Å²) in [6, 6.07) is 16.3. The van der Waals surface area contributed by atoms with Gasteiger partial charge in [0.2, 0.25) is 0 Å². The second-order valence-electron chi connectivity index (χ2n) is 13.7. The summed E-state index contributed by atoms with van der Waals surface area (Å²) in [7, 11) is 4.13. The van der Waals surface area contributed by atoms with Crippen LogP contribution in [0.4, 0.5) is 28.6 Å². The number of nitrogens with one attached hydrogen (secondary N) is 1. The fraction of sp³-hybridized carbons (Fsp3) is 0.514. The summed E-state index contributed by atoms with van der Waals surface area (Å²) < 4.78 is 6.06. The van der Waals surface area contributed by atoms with E-state index in [4.69, 9.17) is 9.72 Å². The molecule has 46 heavy (non-hydrogen) atoms. The number of para-hydroxylation sites is 1. The molecule has 1 aromatic heterocycles. The minimum atomic E-state index is -0.765. The van der Waals surface area contributed by atoms with Crippen LogP contribution in [0, 0.1) is 11.8 Å². The number of likely N-dealkylation sites (tertiary alicyclic amines) is 2. The zero-order chi connectivity index (χ0) is 31.8. The molecule has 1 saturated carbocycles. The Balaban J connectivity index is 1.07. The van der Waals surface area contributed by atoms with Crippen molar-refractivity contribution in [3.8, 4) is 5.75 Å². The van der Waals surface area contributed by atoms with Crippen LogP contribution in [0.2, 0.25) is 0 Å². The van der Waals surface area contributed by atoms with E-state index in [1.54, 1.807) is 0 Å². The first-order valence-electron chi connectivity index (χ1n) is 17.2. The van der Waals surface area contributed by atoms with Gasteiger partial charge in [-0.25, -0.2) is 4.98 Å². The summed E-state index contributed by atoms with van der Waals surface area (Å²) in [5.41, 5.74) is 5.23. The molecule has 4 heterocycles. The van der Waals surface area contributed by atoms with Gasteiger partial charge < -0.3 is 34.8 Å². The fourth-order valence-electron chi connectivity index (χ4n) is 7.59. The normalized spacial score (nSPS) is 21.0. The molecule has 2 saturated heterocycles. The number of hydrogen-bond donors (Lipinski definition) is 2. The fourth-order valence-corrected chi connectivity index (χ4v) is 7.59. The van der Waals surface area contributed by atoms with Crippen molar-refractivity contribution >= 4 is 34.5 Å². The van der Waals surface area contributed by atoms with Crippen molar-refractivity contribution in [3.05, 3.63) is 65.9 Å². The number of aliphatic hydroxyl groups is 1. The molecule has 1 amide bonds. The lowest BCUT2D eigenvalue weighted by molar-refractivity contribution is 0.0669. The first-order valence-corrected chi connectivity index (χ1v) is 17.2. The van der Waals surface area contributed by atoms with Crippen LogP contribution in [-0.2, 0) is 0 Å². The van der Waals surface area contributed by atoms with E-state index in [9.17, 15) is 9.90 Å². The summed E-state index contributed by atoms with van der Waals surface area (Å²) in [4.78, 5) is 27.1. The smallest absolute Gasteiger partial charge is 0.253 e. The number of benzene rings is 2. The molecule has 0 spiro atoms. The van der Waals surface area contributed by atoms with E-state index in [0.717, 1.165) is 78.9 Å². The highest BCUT2D eigenvalue weighted by molar-refractivity contribution is 5.95. The predicted octanol–water partition coefficient (Wildman–Crippen LogP) is 6.55. The number of piperidine rings is 2. The number of nitrogens with zero attached hydrogens (tertiary/aromatic N) is 5. The van der Waals surface area contributed by atoms with Crippen LogP contribution in [0.15, 0.2) is 54.7 Å². The minimum absolute atomic E-state index is 0.0775. The Bertz CT molecular complexity index is 1540. The van der Waals surface area contributed by atoms with Crippen molar-refractivity contribution in [2.45, 2.75) is 64.1 Å². The van der Waals surface area contributed by atoms with Gasteiger partial charge in [-0.2, -0.15) is 0 Å². The van der Waals surface area contributed by atoms with Gasteiger partial charge in [-0.15, -0.1) is 0 Å². The highest BCUT2D eigenvalue weighted by atomic mass is 16.5. The number of pyridine rings is 1. The molecule has 1 unspecified atom stereocenters. The minimum Gasteiger partial charge on any atom is -0.492 e. The Morgan fingerprint density at radius 2 is 1.63 bits per heavy atom. The van der Waals surface area contributed by atoms with Crippen LogP contribution < -0.4 is 19.9 Å². The third-order valence-corrected chi connectivity index (χ3v) is 10.5. The van der Waals surface area contributed by atoms with Crippen LogP contribution in [0.5, 0.6) is 5.75 Å². The largest absolute Gasteiger partial charge is 0.492 e. The second-order valence-corrected chi connectivity index (χ2v) is 13.7. The van der Waals surface area contributed by atoms with Gasteiger partial charge in [0.1, 0.15) is 11.6 Å². The van der Waals surface area contributed by atoms with Gasteiger partial charge in [0.15, 0.2) is 6.23 Å². The van der Waals surface area contributed by atoms with Crippen LogP contribution in [0.3, 0.4) is 0 Å². The van der Waals surface area contributed by atoms with Crippen LogP contribution >= 0.6 is 0 Å². The third kappa shape index (κ3) is 6.27. The van der Waals surface area contributed by atoms with Crippen LogP contribution in [0.1, 0.15) is 74.0 Å². The number of amides is 1. The van der Waals surface area contributed by atoms with Gasteiger partial charge in [-0.05, 0) is 108 Å². The Labute approximate surface area is 273 Å². The average Bonchev–Trinajstić information content (AvgIpc) is 3.92. The molecule has 9 heteroatoms. The van der Waals surface area contributed by atoms with E-state index >= 15 is 0 Å². The molecule has 2 N–H and O–H groups in total. The summed E-state index contributed by atoms with van der Waals surface area (Å²) >= 11 is 0. The second kappa shape index (κ2) is 13.1. The van der Waals surface area contributed by atoms with Crippen molar-refractivity contribution in [1.82, 2.24) is 14.8 Å². The van der Waals surface area contributed by atoms with Gasteiger partial charge in [0.05, 0.1) is 29.9 Å². The number of fused-ring (bicyclic) bond motifs is 2. The van der Waals surface area contributed by atoms with E-state index in [0.29, 0.717) is 29.8 Å². The van der Waals surface area contributed by atoms with Gasteiger partial charge in [-0.1, -0.05) is 18.2 Å². The molecule has 7 rings (SSSR count). The number of aliphatic hydroxyl groups excluding tert-OH is 1. The molecule has 3 fully saturated rings. The lowest BCUT2D eigenvalue weighted by Gasteiger charge is -2.36. The van der Waals surface area contributed by atoms with E-state index in [2.05, 4.69) is 34.3 Å². The van der Waals surface area contributed by atoms with Crippen LogP contribution in [-0.4, -0.2) is 78.7 Å². The standard InChI is InChI=1S/C37H48N6O3/c1-4-46-34-22-27(36(44)42-19-15-26(16-20-42)21-25-13-17-40(2)18-14-25)9-12-30(34)39-35-23-32-33(24-38-35)41(3)37(45)29-7-5-6-8-31(29)43(32)28-10-11-28/h5-9,12,22-26,28,37,45H,4,10-11,13-21H2,1-3H3,(H,38,39). The summed E-state index contributed by atoms with van der Waals surface area (Å²) in [6.45, 7) is 6.52. The van der Waals surface area contributed by atoms with Gasteiger partial charge in [0, 0.05) is 49.1 Å². The number of aromatic nitrogens is 1. The molecule has 244 valence electrons. The van der Waals surface area contributed by atoms with Gasteiger partial charge in [0.25, 0.3) is 5.91 Å². The molecule has 1 atom stereocenters. The summed E-state index contributed by atoms with van der Waals surface area (Å²) in [5, 5.41) is 14.7. The molecule has 3 aliphatic heterocycles. The molecular formula is C37H48N6O3. The maximum absolute atomic E-state index is 13.6. The lowest BCUT2D eigenvalue weighted by Crippen LogP contribution is -2.39. The topological polar surface area (TPSA) is 84.4 Å². The number of ether oxygens (including phenoxy) is 1. The number of hydrogen-bond acceptors (Lipinski definition) is 8. The zero-order valence-electron chi connectivity index (χ0n) is 27.5. The Hall–Kier alpha value is -3.82. The first-order chi connectivity index (χ1) is 22.4. The van der Waals surface area contributed by atoms with E-state index in [-0.39, 0.29) is 5.91 Å². The van der Waals surface area contributed by atoms with Crippen molar-refractivity contribution in [2.24, 2.45) is 11.8 Å². The van der Waals surface area contributed by atoms with E-state index in [1.807, 2.05) is 66.4 Å². The molecule has 3 aromatic rings. The van der Waals surface area contributed by atoms with Gasteiger partial charge >= 0.3 is 0 Å². The molecule has 4 aliphatic rings. The number of carbonyl (C=O) groups is 1. The van der Waals surface area contributed by atoms with E-state index < -0.39 is 6.23 Å². The third-order valence-electron chi connectivity index (χ3n) is 10.5. The van der Waals surface area contributed by atoms with Crippen LogP contribution in [0.25, 0.3) is 0 Å². The Morgan fingerprint density at radius 3 is 2.35 bits per heavy atom. The number of anilines is 5. The highest BCUT2D eigenvalue weighted by Crippen LogP contribution is 2.49. The average molecular weight is 625 g/mol. The molecule has 0 bridgehead atoms. The number of carbonyl (C=O) groups excluding carboxylic acids is 1. The van der Waals surface area contributed by atoms with Crippen molar-refractivity contribution in [2.75, 3.05) is 62.0 Å². The first kappa shape index (κ1) is 30.8. The Kier molecular flexibility index (Phi) is 8.79. The molecule has 2 aromatic carbocycles. The Morgan fingerprint density at radius 1 is 0.913 bits per heavy atom. The van der Waals surface area contributed by atoms with Crippen molar-refractivity contribution in [3.63, 3.8) is 0 Å². The van der Waals surface area contributed by atoms with Gasteiger partial charge in [-0.3, -0.25) is 4.79 Å². The molecule has 0 radical (unpaired) electrons. The monoisotopic (exact) mass is 624 g/mol. The zero-order valence-corrected chi connectivity index (χ0v) is 27.5. The van der Waals surface area contributed by atoms with Crippen molar-refractivity contribution in [1.29, 1.82) is 0 Å². The molecule has 1 aliphatic carbocycles. The molecular weight excluding hydrogens is 576 g/mol. The highest BCUT2D eigenvalue weighted by Gasteiger charge is 2.38. The van der Waals surface area contributed by atoms with E-state index in [1.165, 1.54) is 32.4 Å². The number of rotatable bonds is 8. The maximum atomic E-state index is 13.6. The quantitative estimate of drug-likeness (QED) is 0.292.